The molecule has 34 heavy (non-hydrogen) atoms. The van der Waals surface area contributed by atoms with Crippen LogP contribution in [0.15, 0.2) is 78.4 Å². The molecule has 0 saturated carbocycles. The summed E-state index contributed by atoms with van der Waals surface area (Å²) in [5.74, 6) is -2.44. The topological polar surface area (TPSA) is 72.5 Å². The minimum absolute atomic E-state index is 0.0203. The van der Waals surface area contributed by atoms with E-state index in [1.165, 1.54) is 31.2 Å². The summed E-state index contributed by atoms with van der Waals surface area (Å²) in [5, 5.41) is 2.52. The van der Waals surface area contributed by atoms with E-state index in [2.05, 4.69) is 5.32 Å². The fourth-order valence-electron chi connectivity index (χ4n) is 3.65. The van der Waals surface area contributed by atoms with Crippen LogP contribution < -0.4 is 10.1 Å². The van der Waals surface area contributed by atoms with Crippen LogP contribution in [0.25, 0.3) is 6.08 Å². The van der Waals surface area contributed by atoms with E-state index in [-0.39, 0.29) is 28.5 Å². The van der Waals surface area contributed by atoms with Gasteiger partial charge in [0, 0.05) is 16.7 Å². The van der Waals surface area contributed by atoms with Gasteiger partial charge in [-0.05, 0) is 30.7 Å². The lowest BCUT2D eigenvalue weighted by Crippen LogP contribution is -2.45. The minimum Gasteiger partial charge on any atom is -0.488 e. The monoisotopic (exact) mass is 473 g/mol. The van der Waals surface area contributed by atoms with Crippen LogP contribution >= 0.6 is 12.2 Å². The molecule has 0 spiro atoms. The van der Waals surface area contributed by atoms with E-state index in [1.807, 2.05) is 0 Å². The molecule has 4 rings (SSSR count). The van der Waals surface area contributed by atoms with Crippen LogP contribution in [0.1, 0.15) is 39.9 Å². The number of thiocarbonyl (C=S) groups is 1. The quantitative estimate of drug-likeness (QED) is 0.241. The molecule has 1 heterocycles. The molecule has 1 N–H and O–H groups in total. The minimum atomic E-state index is -1.09. The number of benzene rings is 3. The Hall–Kier alpha value is -3.97. The van der Waals surface area contributed by atoms with Gasteiger partial charge in [-0.3, -0.25) is 14.4 Å². The van der Waals surface area contributed by atoms with E-state index < -0.39 is 23.4 Å². The SMILES string of the molecule is CC(=O)c1ccc(COc2ccccc2/C=C2\C(=O)NC(=S)C(c3ccccc3F)C2=O)cc1. The number of ketones is 2. The number of para-hydroxylation sites is 1. The Balaban J connectivity index is 1.61. The van der Waals surface area contributed by atoms with E-state index in [1.54, 1.807) is 54.6 Å². The number of Topliss-reactive ketones (excluding diaryl/α,β-unsaturated/α-hetero) is 2. The molecule has 3 aromatic rings. The van der Waals surface area contributed by atoms with Crippen LogP contribution in [-0.4, -0.2) is 22.5 Å². The van der Waals surface area contributed by atoms with Crippen LogP contribution in [0.3, 0.4) is 0 Å². The average molecular weight is 474 g/mol. The molecule has 1 amide bonds. The molecule has 1 atom stereocenters. The highest BCUT2D eigenvalue weighted by Gasteiger charge is 2.38. The summed E-state index contributed by atoms with van der Waals surface area (Å²) in [6, 6.07) is 19.9. The molecule has 170 valence electrons. The largest absolute Gasteiger partial charge is 0.488 e. The normalized spacial score (nSPS) is 16.9. The second kappa shape index (κ2) is 9.89. The highest BCUT2D eigenvalue weighted by molar-refractivity contribution is 7.80. The van der Waals surface area contributed by atoms with Crippen LogP contribution in [0, 0.1) is 5.82 Å². The van der Waals surface area contributed by atoms with Crippen molar-refractivity contribution < 1.29 is 23.5 Å². The van der Waals surface area contributed by atoms with Gasteiger partial charge < -0.3 is 10.1 Å². The fraction of sp³-hybridized carbons (Fsp3) is 0.111. The van der Waals surface area contributed by atoms with Crippen LogP contribution in [0.2, 0.25) is 0 Å². The molecule has 1 fully saturated rings. The summed E-state index contributed by atoms with van der Waals surface area (Å²) < 4.78 is 20.3. The van der Waals surface area contributed by atoms with Gasteiger partial charge in [0.25, 0.3) is 5.91 Å². The molecule has 7 heteroatoms. The first kappa shape index (κ1) is 23.2. The molecule has 1 aliphatic rings. The number of carbonyl (C=O) groups excluding carboxylic acids is 3. The standard InChI is InChI=1S/C27H20FNO4S/c1-16(30)18-12-10-17(11-13-18)15-33-23-9-5-2-6-19(23)14-21-25(31)24(27(34)29-26(21)32)20-7-3-4-8-22(20)28/h2-14,24H,15H2,1H3,(H,29,32,34)/b21-14-. The van der Waals surface area contributed by atoms with Crippen molar-refractivity contribution in [1.82, 2.24) is 5.32 Å². The molecule has 0 aliphatic carbocycles. The Labute approximate surface area is 201 Å². The Morgan fingerprint density at radius 3 is 2.41 bits per heavy atom. The van der Waals surface area contributed by atoms with E-state index in [0.29, 0.717) is 16.9 Å². The van der Waals surface area contributed by atoms with Gasteiger partial charge in [-0.1, -0.05) is 72.9 Å². The maximum Gasteiger partial charge on any atom is 0.259 e. The van der Waals surface area contributed by atoms with Gasteiger partial charge in [-0.25, -0.2) is 4.39 Å². The fourth-order valence-corrected chi connectivity index (χ4v) is 3.98. The number of ether oxygens (including phenoxy) is 1. The molecule has 1 saturated heterocycles. The average Bonchev–Trinajstić information content (AvgIpc) is 2.82. The maximum atomic E-state index is 14.4. The second-order valence-electron chi connectivity index (χ2n) is 7.77. The number of piperidine rings is 1. The van der Waals surface area contributed by atoms with Crippen molar-refractivity contribution in [3.05, 3.63) is 106 Å². The van der Waals surface area contributed by atoms with Gasteiger partial charge in [0.1, 0.15) is 24.1 Å². The van der Waals surface area contributed by atoms with Gasteiger partial charge >= 0.3 is 0 Å². The summed E-state index contributed by atoms with van der Waals surface area (Å²) in [6.07, 6.45) is 1.43. The van der Waals surface area contributed by atoms with E-state index in [4.69, 9.17) is 17.0 Å². The third-order valence-electron chi connectivity index (χ3n) is 5.46. The lowest BCUT2D eigenvalue weighted by molar-refractivity contribution is -0.122. The van der Waals surface area contributed by atoms with Gasteiger partial charge in [0.2, 0.25) is 0 Å². The third-order valence-corrected chi connectivity index (χ3v) is 5.80. The first-order valence-electron chi connectivity index (χ1n) is 10.5. The van der Waals surface area contributed by atoms with Crippen molar-refractivity contribution in [2.75, 3.05) is 0 Å². The third kappa shape index (κ3) is 4.84. The van der Waals surface area contributed by atoms with Crippen molar-refractivity contribution in [3.63, 3.8) is 0 Å². The van der Waals surface area contributed by atoms with Crippen molar-refractivity contribution in [2.24, 2.45) is 0 Å². The van der Waals surface area contributed by atoms with Crippen molar-refractivity contribution >= 4 is 40.8 Å². The van der Waals surface area contributed by atoms with Gasteiger partial charge in [0.05, 0.1) is 10.6 Å². The summed E-state index contributed by atoms with van der Waals surface area (Å²) >= 11 is 5.19. The van der Waals surface area contributed by atoms with Crippen LogP contribution in [0.4, 0.5) is 4.39 Å². The zero-order valence-corrected chi connectivity index (χ0v) is 19.0. The predicted molar refractivity (Wildman–Crippen MR) is 130 cm³/mol. The van der Waals surface area contributed by atoms with Crippen molar-refractivity contribution in [3.8, 4) is 5.75 Å². The number of carbonyl (C=O) groups is 3. The van der Waals surface area contributed by atoms with Gasteiger partial charge in [-0.2, -0.15) is 0 Å². The highest BCUT2D eigenvalue weighted by atomic mass is 32.1. The number of amides is 1. The molecule has 1 unspecified atom stereocenters. The number of nitrogens with one attached hydrogen (secondary N) is 1. The molecule has 0 bridgehead atoms. The lowest BCUT2D eigenvalue weighted by Gasteiger charge is -2.25. The van der Waals surface area contributed by atoms with Gasteiger partial charge in [-0.15, -0.1) is 0 Å². The second-order valence-corrected chi connectivity index (χ2v) is 8.21. The molecule has 0 aromatic heterocycles. The van der Waals surface area contributed by atoms with Crippen molar-refractivity contribution in [1.29, 1.82) is 0 Å². The summed E-state index contributed by atoms with van der Waals surface area (Å²) in [7, 11) is 0. The number of halogens is 1. The van der Waals surface area contributed by atoms with Gasteiger partial charge in [0.15, 0.2) is 11.6 Å². The molecule has 1 aliphatic heterocycles. The molecule has 0 radical (unpaired) electrons. The first-order chi connectivity index (χ1) is 16.3. The molecular formula is C27H20FNO4S. The van der Waals surface area contributed by atoms with Crippen LogP contribution in [-0.2, 0) is 16.2 Å². The Kier molecular flexibility index (Phi) is 6.75. The maximum absolute atomic E-state index is 14.4. The van der Waals surface area contributed by atoms with Crippen LogP contribution in [0.5, 0.6) is 5.75 Å². The summed E-state index contributed by atoms with van der Waals surface area (Å²) in [6.45, 7) is 1.72. The van der Waals surface area contributed by atoms with Crippen molar-refractivity contribution in [2.45, 2.75) is 19.4 Å². The van der Waals surface area contributed by atoms with E-state index in [0.717, 1.165) is 5.56 Å². The molecule has 5 nitrogen and oxygen atoms in total. The first-order valence-corrected chi connectivity index (χ1v) is 10.9. The zero-order valence-electron chi connectivity index (χ0n) is 18.2. The lowest BCUT2D eigenvalue weighted by atomic mass is 9.86. The number of rotatable bonds is 6. The molecular weight excluding hydrogens is 453 g/mol. The number of hydrogen-bond acceptors (Lipinski definition) is 5. The van der Waals surface area contributed by atoms with E-state index >= 15 is 0 Å². The predicted octanol–water partition coefficient (Wildman–Crippen LogP) is 4.80. The summed E-state index contributed by atoms with van der Waals surface area (Å²) in [5.41, 5.74) is 1.95. The molecule has 3 aromatic carbocycles. The number of hydrogen-bond donors (Lipinski definition) is 1. The smallest absolute Gasteiger partial charge is 0.259 e. The zero-order chi connectivity index (χ0) is 24.2. The Morgan fingerprint density at radius 2 is 1.71 bits per heavy atom. The summed E-state index contributed by atoms with van der Waals surface area (Å²) in [4.78, 5) is 37.3. The Bertz CT molecular complexity index is 1330. The van der Waals surface area contributed by atoms with E-state index in [9.17, 15) is 18.8 Å². The highest BCUT2D eigenvalue weighted by Crippen LogP contribution is 2.30. The Morgan fingerprint density at radius 1 is 1.03 bits per heavy atom.